The highest BCUT2D eigenvalue weighted by Crippen LogP contribution is 2.27. The van der Waals surface area contributed by atoms with Gasteiger partial charge in [0.15, 0.2) is 0 Å². The fourth-order valence-corrected chi connectivity index (χ4v) is 2.09. The molecular formula is C11H11BrFN3O. The zero-order chi connectivity index (χ0) is 12.4. The normalized spacial score (nSPS) is 12.7. The second-order valence-corrected chi connectivity index (χ2v) is 4.46. The van der Waals surface area contributed by atoms with Crippen LogP contribution >= 0.6 is 15.9 Å². The van der Waals surface area contributed by atoms with Gasteiger partial charge in [-0.3, -0.25) is 4.68 Å². The first-order chi connectivity index (χ1) is 8.09. The Morgan fingerprint density at radius 2 is 2.29 bits per heavy atom. The van der Waals surface area contributed by atoms with Crippen LogP contribution in [-0.2, 0) is 13.5 Å². The number of halogens is 2. The Morgan fingerprint density at radius 1 is 1.53 bits per heavy atom. The van der Waals surface area contributed by atoms with E-state index in [4.69, 9.17) is 0 Å². The molecule has 1 aromatic heterocycles. The van der Waals surface area contributed by atoms with Crippen LogP contribution in [-0.4, -0.2) is 19.9 Å². The molecule has 17 heavy (non-hydrogen) atoms. The minimum absolute atomic E-state index is 0.287. The average molecular weight is 300 g/mol. The van der Waals surface area contributed by atoms with Crippen molar-refractivity contribution >= 4 is 15.9 Å². The summed E-state index contributed by atoms with van der Waals surface area (Å²) in [5.41, 5.74) is 0.507. The largest absolute Gasteiger partial charge is 0.388 e. The maximum atomic E-state index is 13.3. The fraction of sp³-hybridized carbons (Fsp3) is 0.273. The number of aromatic nitrogens is 3. The molecule has 0 saturated heterocycles. The van der Waals surface area contributed by atoms with Crippen molar-refractivity contribution < 1.29 is 9.50 Å². The van der Waals surface area contributed by atoms with E-state index in [1.165, 1.54) is 12.4 Å². The minimum Gasteiger partial charge on any atom is -0.388 e. The molecule has 1 atom stereocenters. The number of aryl methyl sites for hydroxylation is 1. The van der Waals surface area contributed by atoms with Gasteiger partial charge in [-0.05, 0) is 27.6 Å². The highest BCUT2D eigenvalue weighted by Gasteiger charge is 2.16. The van der Waals surface area contributed by atoms with Gasteiger partial charge in [0, 0.05) is 13.5 Å². The molecule has 2 rings (SSSR count). The van der Waals surface area contributed by atoms with Crippen molar-refractivity contribution in [3.8, 4) is 0 Å². The van der Waals surface area contributed by atoms with Gasteiger partial charge in [-0.2, -0.15) is 5.10 Å². The summed E-state index contributed by atoms with van der Waals surface area (Å²) in [4.78, 5) is 4.02. The summed E-state index contributed by atoms with van der Waals surface area (Å²) in [5.74, 6) is 0.258. The third-order valence-electron chi connectivity index (χ3n) is 2.52. The van der Waals surface area contributed by atoms with E-state index in [1.807, 2.05) is 0 Å². The number of hydrogen-bond donors (Lipinski definition) is 1. The SMILES string of the molecule is Cn1ncnc1CC(O)c1cccc(F)c1Br. The first kappa shape index (κ1) is 12.2. The van der Waals surface area contributed by atoms with Gasteiger partial charge in [0.25, 0.3) is 0 Å². The zero-order valence-corrected chi connectivity index (χ0v) is 10.7. The lowest BCUT2D eigenvalue weighted by Gasteiger charge is -2.12. The van der Waals surface area contributed by atoms with E-state index >= 15 is 0 Å². The van der Waals surface area contributed by atoms with Crippen LogP contribution in [0.5, 0.6) is 0 Å². The van der Waals surface area contributed by atoms with Crippen LogP contribution in [0.2, 0.25) is 0 Å². The molecular weight excluding hydrogens is 289 g/mol. The summed E-state index contributed by atoms with van der Waals surface area (Å²) < 4.78 is 15.2. The number of aliphatic hydroxyl groups is 1. The van der Waals surface area contributed by atoms with Crippen LogP contribution in [0.4, 0.5) is 4.39 Å². The molecule has 2 aromatic rings. The molecule has 1 unspecified atom stereocenters. The van der Waals surface area contributed by atoms with Gasteiger partial charge >= 0.3 is 0 Å². The van der Waals surface area contributed by atoms with Crippen molar-refractivity contribution in [2.75, 3.05) is 0 Å². The zero-order valence-electron chi connectivity index (χ0n) is 9.14. The Labute approximate surface area is 106 Å². The van der Waals surface area contributed by atoms with E-state index in [-0.39, 0.29) is 10.3 Å². The summed E-state index contributed by atoms with van der Waals surface area (Å²) in [5, 5.41) is 14.0. The van der Waals surface area contributed by atoms with E-state index < -0.39 is 6.10 Å². The smallest absolute Gasteiger partial charge is 0.138 e. The Hall–Kier alpha value is -1.27. The Balaban J connectivity index is 2.23. The molecule has 6 heteroatoms. The number of nitrogens with zero attached hydrogens (tertiary/aromatic N) is 3. The maximum Gasteiger partial charge on any atom is 0.138 e. The van der Waals surface area contributed by atoms with Crippen molar-refractivity contribution in [2.45, 2.75) is 12.5 Å². The quantitative estimate of drug-likeness (QED) is 0.943. The molecule has 0 amide bonds. The maximum absolute atomic E-state index is 13.3. The Kier molecular flexibility index (Phi) is 3.54. The lowest BCUT2D eigenvalue weighted by Crippen LogP contribution is -2.08. The van der Waals surface area contributed by atoms with Gasteiger partial charge in [-0.1, -0.05) is 12.1 Å². The van der Waals surface area contributed by atoms with E-state index in [0.717, 1.165) is 0 Å². The Bertz CT molecular complexity index is 529. The molecule has 0 aliphatic heterocycles. The van der Waals surface area contributed by atoms with Crippen LogP contribution in [0.1, 0.15) is 17.5 Å². The molecule has 0 fully saturated rings. The van der Waals surface area contributed by atoms with Gasteiger partial charge in [-0.25, -0.2) is 9.37 Å². The summed E-state index contributed by atoms with van der Waals surface area (Å²) >= 11 is 3.13. The minimum atomic E-state index is -0.817. The number of rotatable bonds is 3. The van der Waals surface area contributed by atoms with Crippen molar-refractivity contribution in [3.63, 3.8) is 0 Å². The van der Waals surface area contributed by atoms with Crippen LogP contribution in [0.15, 0.2) is 29.0 Å². The second-order valence-electron chi connectivity index (χ2n) is 3.66. The van der Waals surface area contributed by atoms with Crippen LogP contribution in [0.25, 0.3) is 0 Å². The van der Waals surface area contributed by atoms with Gasteiger partial charge in [0.2, 0.25) is 0 Å². The number of hydrogen-bond acceptors (Lipinski definition) is 3. The molecule has 1 heterocycles. The van der Waals surface area contributed by atoms with E-state index in [0.29, 0.717) is 17.8 Å². The van der Waals surface area contributed by atoms with Crippen molar-refractivity contribution in [2.24, 2.45) is 7.05 Å². The average Bonchev–Trinajstić information content (AvgIpc) is 2.68. The predicted molar refractivity (Wildman–Crippen MR) is 63.8 cm³/mol. The van der Waals surface area contributed by atoms with E-state index in [1.54, 1.807) is 23.9 Å². The Morgan fingerprint density at radius 3 is 2.94 bits per heavy atom. The monoisotopic (exact) mass is 299 g/mol. The third kappa shape index (κ3) is 2.53. The molecule has 0 aliphatic rings. The predicted octanol–water partition coefficient (Wildman–Crippen LogP) is 1.99. The van der Waals surface area contributed by atoms with E-state index in [2.05, 4.69) is 26.0 Å². The summed E-state index contributed by atoms with van der Waals surface area (Å²) in [6.45, 7) is 0. The van der Waals surface area contributed by atoms with E-state index in [9.17, 15) is 9.50 Å². The highest BCUT2D eigenvalue weighted by molar-refractivity contribution is 9.10. The molecule has 1 aromatic carbocycles. The van der Waals surface area contributed by atoms with Crippen LogP contribution in [0, 0.1) is 5.82 Å². The molecule has 1 N–H and O–H groups in total. The van der Waals surface area contributed by atoms with Crippen molar-refractivity contribution in [1.82, 2.24) is 14.8 Å². The first-order valence-corrected chi connectivity index (χ1v) is 5.83. The first-order valence-electron chi connectivity index (χ1n) is 5.04. The lowest BCUT2D eigenvalue weighted by molar-refractivity contribution is 0.173. The summed E-state index contributed by atoms with van der Waals surface area (Å²) in [7, 11) is 1.75. The molecule has 0 bridgehead atoms. The number of aliphatic hydroxyl groups excluding tert-OH is 1. The molecule has 90 valence electrons. The standard InChI is InChI=1S/C11H11BrFN3O/c1-16-10(14-6-15-16)5-9(17)7-3-2-4-8(13)11(7)12/h2-4,6,9,17H,5H2,1H3. The molecule has 0 radical (unpaired) electrons. The van der Waals surface area contributed by atoms with Gasteiger partial charge in [0.05, 0.1) is 10.6 Å². The lowest BCUT2D eigenvalue weighted by atomic mass is 10.1. The van der Waals surface area contributed by atoms with Crippen molar-refractivity contribution in [3.05, 3.63) is 46.2 Å². The second kappa shape index (κ2) is 4.93. The molecule has 0 spiro atoms. The third-order valence-corrected chi connectivity index (χ3v) is 3.36. The molecule has 4 nitrogen and oxygen atoms in total. The van der Waals surface area contributed by atoms with Crippen molar-refractivity contribution in [1.29, 1.82) is 0 Å². The molecule has 0 saturated carbocycles. The van der Waals surface area contributed by atoms with Gasteiger partial charge in [0.1, 0.15) is 18.0 Å². The van der Waals surface area contributed by atoms with Gasteiger partial charge < -0.3 is 5.11 Å². The summed E-state index contributed by atoms with van der Waals surface area (Å²) in [6, 6.07) is 4.58. The fourth-order valence-electron chi connectivity index (χ4n) is 1.57. The highest BCUT2D eigenvalue weighted by atomic mass is 79.9. The van der Waals surface area contributed by atoms with Crippen LogP contribution in [0.3, 0.4) is 0 Å². The summed E-state index contributed by atoms with van der Waals surface area (Å²) in [6.07, 6.45) is 0.893. The van der Waals surface area contributed by atoms with Gasteiger partial charge in [-0.15, -0.1) is 0 Å². The van der Waals surface area contributed by atoms with Crippen LogP contribution < -0.4 is 0 Å². The topological polar surface area (TPSA) is 50.9 Å². The number of benzene rings is 1. The molecule has 0 aliphatic carbocycles.